The molecule has 1 aromatic heterocycles. The first-order valence-electron chi connectivity index (χ1n) is 5.33. The molecule has 0 aliphatic carbocycles. The van der Waals surface area contributed by atoms with E-state index in [1.165, 1.54) is 0 Å². The van der Waals surface area contributed by atoms with Gasteiger partial charge in [0.1, 0.15) is 0 Å². The Bertz CT molecular complexity index is 335. The van der Waals surface area contributed by atoms with Crippen LogP contribution in [-0.4, -0.2) is 51.6 Å². The fraction of sp³-hybridized carbons (Fsp3) is 0.700. The van der Waals surface area contributed by atoms with E-state index in [0.717, 1.165) is 12.1 Å². The molecule has 0 aliphatic heterocycles. The SMILES string of the molecule is CN(C)C(=O)CCn1cc(CCCO)nn1. The van der Waals surface area contributed by atoms with Gasteiger partial charge in [0.25, 0.3) is 0 Å². The molecule has 1 N–H and O–H groups in total. The van der Waals surface area contributed by atoms with E-state index in [2.05, 4.69) is 10.3 Å². The van der Waals surface area contributed by atoms with Gasteiger partial charge in [-0.25, -0.2) is 0 Å². The summed E-state index contributed by atoms with van der Waals surface area (Å²) in [5.74, 6) is 0.0763. The summed E-state index contributed by atoms with van der Waals surface area (Å²) < 4.78 is 1.66. The summed E-state index contributed by atoms with van der Waals surface area (Å²) in [4.78, 5) is 12.9. The maximum atomic E-state index is 11.3. The number of amides is 1. The number of carbonyl (C=O) groups excluding carboxylic acids is 1. The van der Waals surface area contributed by atoms with Crippen LogP contribution in [0.15, 0.2) is 6.20 Å². The molecule has 0 radical (unpaired) electrons. The molecular weight excluding hydrogens is 208 g/mol. The summed E-state index contributed by atoms with van der Waals surface area (Å²) in [5.41, 5.74) is 0.853. The van der Waals surface area contributed by atoms with Gasteiger partial charge in [0.05, 0.1) is 12.2 Å². The number of aliphatic hydroxyl groups excluding tert-OH is 1. The lowest BCUT2D eigenvalue weighted by molar-refractivity contribution is -0.128. The van der Waals surface area contributed by atoms with Crippen molar-refractivity contribution in [1.82, 2.24) is 19.9 Å². The van der Waals surface area contributed by atoms with Gasteiger partial charge in [-0.15, -0.1) is 5.10 Å². The zero-order chi connectivity index (χ0) is 12.0. The fourth-order valence-corrected chi connectivity index (χ4v) is 1.26. The molecule has 1 aromatic rings. The summed E-state index contributed by atoms with van der Waals surface area (Å²) in [7, 11) is 3.46. The molecule has 0 unspecified atom stereocenters. The maximum Gasteiger partial charge on any atom is 0.223 e. The van der Waals surface area contributed by atoms with Gasteiger partial charge in [0.2, 0.25) is 5.91 Å². The lowest BCUT2D eigenvalue weighted by Crippen LogP contribution is -2.22. The number of nitrogens with zero attached hydrogens (tertiary/aromatic N) is 4. The van der Waals surface area contributed by atoms with Gasteiger partial charge < -0.3 is 10.0 Å². The van der Waals surface area contributed by atoms with Crippen LogP contribution >= 0.6 is 0 Å². The normalized spacial score (nSPS) is 10.4. The van der Waals surface area contributed by atoms with Crippen LogP contribution in [0.4, 0.5) is 0 Å². The number of rotatable bonds is 6. The number of hydrogen-bond donors (Lipinski definition) is 1. The van der Waals surface area contributed by atoms with Crippen LogP contribution in [0.2, 0.25) is 0 Å². The van der Waals surface area contributed by atoms with Gasteiger partial charge in [-0.2, -0.15) is 0 Å². The Morgan fingerprint density at radius 1 is 1.56 bits per heavy atom. The number of aliphatic hydroxyl groups is 1. The van der Waals surface area contributed by atoms with Crippen molar-refractivity contribution in [3.05, 3.63) is 11.9 Å². The minimum atomic E-state index is 0.0763. The lowest BCUT2D eigenvalue weighted by Gasteiger charge is -2.09. The third-order valence-corrected chi connectivity index (χ3v) is 2.23. The quantitative estimate of drug-likeness (QED) is 0.721. The molecule has 0 aliphatic rings. The molecule has 16 heavy (non-hydrogen) atoms. The van der Waals surface area contributed by atoms with Crippen molar-refractivity contribution in [3.8, 4) is 0 Å². The second-order valence-electron chi connectivity index (χ2n) is 3.84. The topological polar surface area (TPSA) is 71.2 Å². The van der Waals surface area contributed by atoms with E-state index in [1.807, 2.05) is 6.20 Å². The highest BCUT2D eigenvalue weighted by molar-refractivity contribution is 5.75. The summed E-state index contributed by atoms with van der Waals surface area (Å²) in [6.45, 7) is 0.703. The number of hydrogen-bond acceptors (Lipinski definition) is 4. The van der Waals surface area contributed by atoms with Gasteiger partial charge in [-0.1, -0.05) is 5.21 Å². The van der Waals surface area contributed by atoms with E-state index in [-0.39, 0.29) is 12.5 Å². The molecule has 1 heterocycles. The monoisotopic (exact) mass is 226 g/mol. The first kappa shape index (κ1) is 12.6. The Morgan fingerprint density at radius 2 is 2.31 bits per heavy atom. The average Bonchev–Trinajstić information content (AvgIpc) is 2.70. The zero-order valence-corrected chi connectivity index (χ0v) is 9.76. The number of carbonyl (C=O) groups is 1. The molecule has 0 atom stereocenters. The molecular formula is C10H18N4O2. The molecule has 1 rings (SSSR count). The minimum absolute atomic E-state index is 0.0763. The maximum absolute atomic E-state index is 11.3. The Labute approximate surface area is 94.9 Å². The van der Waals surface area contributed by atoms with E-state index < -0.39 is 0 Å². The first-order chi connectivity index (χ1) is 7.63. The van der Waals surface area contributed by atoms with E-state index in [4.69, 9.17) is 5.11 Å². The smallest absolute Gasteiger partial charge is 0.223 e. The Balaban J connectivity index is 2.37. The zero-order valence-electron chi connectivity index (χ0n) is 9.76. The van der Waals surface area contributed by atoms with Crippen molar-refractivity contribution in [2.75, 3.05) is 20.7 Å². The van der Waals surface area contributed by atoms with Gasteiger partial charge in [-0.3, -0.25) is 9.48 Å². The van der Waals surface area contributed by atoms with Crippen molar-refractivity contribution in [2.24, 2.45) is 0 Å². The predicted octanol–water partition coefficient (Wildman–Crippen LogP) is -0.319. The first-order valence-corrected chi connectivity index (χ1v) is 5.33. The summed E-state index contributed by atoms with van der Waals surface area (Å²) in [6, 6.07) is 0. The summed E-state index contributed by atoms with van der Waals surface area (Å²) >= 11 is 0. The van der Waals surface area contributed by atoms with Gasteiger partial charge in [0, 0.05) is 33.3 Å². The minimum Gasteiger partial charge on any atom is -0.396 e. The molecule has 6 heteroatoms. The van der Waals surface area contributed by atoms with E-state index in [9.17, 15) is 4.79 Å². The Morgan fingerprint density at radius 3 is 2.94 bits per heavy atom. The lowest BCUT2D eigenvalue weighted by atomic mass is 10.2. The molecule has 0 aromatic carbocycles. The standard InChI is InChI=1S/C10H18N4O2/c1-13(2)10(16)5-6-14-8-9(11-12-14)4-3-7-15/h8,15H,3-7H2,1-2H3. The third kappa shape index (κ3) is 3.98. The fourth-order valence-electron chi connectivity index (χ4n) is 1.26. The van der Waals surface area contributed by atoms with Gasteiger partial charge >= 0.3 is 0 Å². The molecule has 0 fully saturated rings. The molecule has 0 bridgehead atoms. The van der Waals surface area contributed by atoms with Crippen molar-refractivity contribution >= 4 is 5.91 Å². The molecule has 0 spiro atoms. The number of aromatic nitrogens is 3. The van der Waals surface area contributed by atoms with Crippen LogP contribution < -0.4 is 0 Å². The predicted molar refractivity (Wildman–Crippen MR) is 58.7 cm³/mol. The van der Waals surface area contributed by atoms with Crippen LogP contribution in [0.1, 0.15) is 18.5 Å². The van der Waals surface area contributed by atoms with Crippen LogP contribution in [-0.2, 0) is 17.8 Å². The molecule has 6 nitrogen and oxygen atoms in total. The molecule has 1 amide bonds. The van der Waals surface area contributed by atoms with E-state index in [1.54, 1.807) is 23.7 Å². The van der Waals surface area contributed by atoms with Crippen LogP contribution in [0, 0.1) is 0 Å². The Kier molecular flexibility index (Phi) is 4.91. The van der Waals surface area contributed by atoms with E-state index >= 15 is 0 Å². The average molecular weight is 226 g/mol. The molecule has 0 saturated carbocycles. The Hall–Kier alpha value is -1.43. The summed E-state index contributed by atoms with van der Waals surface area (Å²) in [6.07, 6.45) is 3.65. The second kappa shape index (κ2) is 6.22. The number of aryl methyl sites for hydroxylation is 2. The van der Waals surface area contributed by atoms with Crippen LogP contribution in [0.5, 0.6) is 0 Å². The van der Waals surface area contributed by atoms with Crippen molar-refractivity contribution in [1.29, 1.82) is 0 Å². The van der Waals surface area contributed by atoms with Gasteiger partial charge in [-0.05, 0) is 12.8 Å². The van der Waals surface area contributed by atoms with E-state index in [0.29, 0.717) is 19.4 Å². The van der Waals surface area contributed by atoms with Gasteiger partial charge in [0.15, 0.2) is 0 Å². The van der Waals surface area contributed by atoms with Crippen molar-refractivity contribution < 1.29 is 9.90 Å². The molecule has 90 valence electrons. The highest BCUT2D eigenvalue weighted by Gasteiger charge is 2.05. The van der Waals surface area contributed by atoms with Crippen molar-refractivity contribution in [3.63, 3.8) is 0 Å². The highest BCUT2D eigenvalue weighted by Crippen LogP contribution is 1.99. The van der Waals surface area contributed by atoms with Crippen molar-refractivity contribution in [2.45, 2.75) is 25.8 Å². The highest BCUT2D eigenvalue weighted by atomic mass is 16.2. The molecule has 0 saturated heterocycles. The second-order valence-corrected chi connectivity index (χ2v) is 3.84. The largest absolute Gasteiger partial charge is 0.396 e. The van der Waals surface area contributed by atoms with Crippen LogP contribution in [0.25, 0.3) is 0 Å². The van der Waals surface area contributed by atoms with Crippen LogP contribution in [0.3, 0.4) is 0 Å². The summed E-state index contributed by atoms with van der Waals surface area (Å²) in [5, 5.41) is 16.5. The third-order valence-electron chi connectivity index (χ3n) is 2.23.